The molecule has 1 aromatic heterocycles. The van der Waals surface area contributed by atoms with Crippen molar-refractivity contribution in [3.63, 3.8) is 0 Å². The molecule has 0 N–H and O–H groups in total. The van der Waals surface area contributed by atoms with Crippen molar-refractivity contribution in [1.29, 1.82) is 0 Å². The summed E-state index contributed by atoms with van der Waals surface area (Å²) in [6.07, 6.45) is 3.94. The highest BCUT2D eigenvalue weighted by molar-refractivity contribution is 5.77. The molecule has 104 valence electrons. The molecule has 0 saturated carbocycles. The molecule has 3 rings (SSSR count). The van der Waals surface area contributed by atoms with E-state index in [2.05, 4.69) is 36.2 Å². The van der Waals surface area contributed by atoms with Crippen molar-refractivity contribution >= 4 is 0 Å². The quantitative estimate of drug-likeness (QED) is 0.685. The summed E-state index contributed by atoms with van der Waals surface area (Å²) in [5.74, 6) is 0. The van der Waals surface area contributed by atoms with Crippen LogP contribution in [0.1, 0.15) is 19.0 Å². The monoisotopic (exact) mass is 274 g/mol. The van der Waals surface area contributed by atoms with Gasteiger partial charge in [-0.05, 0) is 6.42 Å². The van der Waals surface area contributed by atoms with Crippen LogP contribution in [0, 0.1) is 0 Å². The standard InChI is InChI=1S/C19H18N2/c1-2-9-17-14-20-18(15-10-5-3-6-11-15)19(21-17)16-12-7-4-8-13-16/h3-8,10-14H,2,9H2,1H3. The van der Waals surface area contributed by atoms with Crippen molar-refractivity contribution in [1.82, 2.24) is 9.97 Å². The minimum absolute atomic E-state index is 0.946. The van der Waals surface area contributed by atoms with Crippen LogP contribution in [-0.4, -0.2) is 9.97 Å². The Kier molecular flexibility index (Phi) is 4.06. The Balaban J connectivity index is 2.16. The number of aromatic nitrogens is 2. The van der Waals surface area contributed by atoms with Gasteiger partial charge in [-0.2, -0.15) is 0 Å². The van der Waals surface area contributed by atoms with Crippen molar-refractivity contribution in [2.45, 2.75) is 19.8 Å². The minimum Gasteiger partial charge on any atom is -0.252 e. The molecule has 0 bridgehead atoms. The smallest absolute Gasteiger partial charge is 0.0968 e. The lowest BCUT2D eigenvalue weighted by Crippen LogP contribution is -1.98. The Labute approximate surface area is 125 Å². The Morgan fingerprint density at radius 2 is 1.33 bits per heavy atom. The molecule has 2 nitrogen and oxygen atoms in total. The van der Waals surface area contributed by atoms with Gasteiger partial charge in [0.2, 0.25) is 0 Å². The fourth-order valence-corrected chi connectivity index (χ4v) is 2.41. The summed E-state index contributed by atoms with van der Waals surface area (Å²) in [4.78, 5) is 9.53. The van der Waals surface area contributed by atoms with Crippen LogP contribution >= 0.6 is 0 Å². The van der Waals surface area contributed by atoms with Gasteiger partial charge < -0.3 is 0 Å². The number of rotatable bonds is 4. The fraction of sp³-hybridized carbons (Fsp3) is 0.158. The van der Waals surface area contributed by atoms with Gasteiger partial charge in [0.15, 0.2) is 0 Å². The molecule has 21 heavy (non-hydrogen) atoms. The zero-order chi connectivity index (χ0) is 14.5. The topological polar surface area (TPSA) is 25.8 Å². The van der Waals surface area contributed by atoms with Crippen molar-refractivity contribution in [2.75, 3.05) is 0 Å². The number of hydrogen-bond acceptors (Lipinski definition) is 2. The highest BCUT2D eigenvalue weighted by Gasteiger charge is 2.11. The highest BCUT2D eigenvalue weighted by Crippen LogP contribution is 2.28. The third kappa shape index (κ3) is 3.00. The molecular weight excluding hydrogens is 256 g/mol. The maximum atomic E-state index is 4.85. The molecule has 0 aliphatic rings. The summed E-state index contributed by atoms with van der Waals surface area (Å²) in [7, 11) is 0. The van der Waals surface area contributed by atoms with E-state index in [1.54, 1.807) is 0 Å². The van der Waals surface area contributed by atoms with E-state index in [9.17, 15) is 0 Å². The van der Waals surface area contributed by atoms with Crippen LogP contribution < -0.4 is 0 Å². The summed E-state index contributed by atoms with van der Waals surface area (Å²) in [5, 5.41) is 0. The summed E-state index contributed by atoms with van der Waals surface area (Å²) < 4.78 is 0. The van der Waals surface area contributed by atoms with Crippen LogP contribution in [-0.2, 0) is 6.42 Å². The van der Waals surface area contributed by atoms with Crippen molar-refractivity contribution in [2.24, 2.45) is 0 Å². The van der Waals surface area contributed by atoms with Crippen molar-refractivity contribution in [3.8, 4) is 22.5 Å². The first-order chi connectivity index (χ1) is 10.4. The van der Waals surface area contributed by atoms with E-state index in [4.69, 9.17) is 4.98 Å². The predicted octanol–water partition coefficient (Wildman–Crippen LogP) is 4.76. The molecule has 0 aliphatic heterocycles. The van der Waals surface area contributed by atoms with Crippen molar-refractivity contribution in [3.05, 3.63) is 72.6 Å². The maximum Gasteiger partial charge on any atom is 0.0968 e. The number of aryl methyl sites for hydroxylation is 1. The third-order valence-electron chi connectivity index (χ3n) is 3.42. The minimum atomic E-state index is 0.946. The first-order valence-corrected chi connectivity index (χ1v) is 7.35. The van der Waals surface area contributed by atoms with Crippen LogP contribution in [0.15, 0.2) is 66.9 Å². The summed E-state index contributed by atoms with van der Waals surface area (Å²) in [5.41, 5.74) is 5.18. The van der Waals surface area contributed by atoms with E-state index < -0.39 is 0 Å². The zero-order valence-electron chi connectivity index (χ0n) is 12.2. The highest BCUT2D eigenvalue weighted by atomic mass is 14.8. The second-order valence-corrected chi connectivity index (χ2v) is 5.04. The Bertz CT molecular complexity index is 706. The summed E-state index contributed by atoms with van der Waals surface area (Å²) in [6, 6.07) is 20.5. The van der Waals surface area contributed by atoms with Gasteiger partial charge >= 0.3 is 0 Å². The van der Waals surface area contributed by atoms with E-state index in [-0.39, 0.29) is 0 Å². The van der Waals surface area contributed by atoms with E-state index in [0.29, 0.717) is 0 Å². The Morgan fingerprint density at radius 3 is 1.90 bits per heavy atom. The van der Waals surface area contributed by atoms with E-state index in [0.717, 1.165) is 41.1 Å². The summed E-state index contributed by atoms with van der Waals surface area (Å²) in [6.45, 7) is 2.16. The third-order valence-corrected chi connectivity index (χ3v) is 3.42. The van der Waals surface area contributed by atoms with Gasteiger partial charge in [-0.15, -0.1) is 0 Å². The van der Waals surface area contributed by atoms with E-state index >= 15 is 0 Å². The zero-order valence-corrected chi connectivity index (χ0v) is 12.2. The van der Waals surface area contributed by atoms with E-state index in [1.807, 2.05) is 42.6 Å². The van der Waals surface area contributed by atoms with Crippen molar-refractivity contribution < 1.29 is 0 Å². The number of benzene rings is 2. The molecule has 0 amide bonds. The molecule has 0 spiro atoms. The Hall–Kier alpha value is -2.48. The lowest BCUT2D eigenvalue weighted by Gasteiger charge is -2.10. The maximum absolute atomic E-state index is 4.85. The second-order valence-electron chi connectivity index (χ2n) is 5.04. The van der Waals surface area contributed by atoms with Gasteiger partial charge in [0, 0.05) is 17.3 Å². The number of nitrogens with zero attached hydrogens (tertiary/aromatic N) is 2. The predicted molar refractivity (Wildman–Crippen MR) is 86.9 cm³/mol. The molecule has 1 heterocycles. The fourth-order valence-electron chi connectivity index (χ4n) is 2.41. The normalized spacial score (nSPS) is 10.5. The average Bonchev–Trinajstić information content (AvgIpc) is 2.57. The lowest BCUT2D eigenvalue weighted by atomic mass is 10.0. The van der Waals surface area contributed by atoms with Gasteiger partial charge in [-0.1, -0.05) is 74.0 Å². The molecular formula is C19H18N2. The van der Waals surface area contributed by atoms with Crippen LogP contribution in [0.2, 0.25) is 0 Å². The van der Waals surface area contributed by atoms with Gasteiger partial charge in [0.1, 0.15) is 0 Å². The number of hydrogen-bond donors (Lipinski definition) is 0. The van der Waals surface area contributed by atoms with E-state index in [1.165, 1.54) is 0 Å². The molecule has 2 aromatic carbocycles. The van der Waals surface area contributed by atoms with Gasteiger partial charge in [-0.25, -0.2) is 4.98 Å². The first kappa shape index (κ1) is 13.5. The molecule has 0 radical (unpaired) electrons. The molecule has 0 aliphatic carbocycles. The first-order valence-electron chi connectivity index (χ1n) is 7.35. The SMILES string of the molecule is CCCc1cnc(-c2ccccc2)c(-c2ccccc2)n1. The van der Waals surface area contributed by atoms with Gasteiger partial charge in [0.05, 0.1) is 17.1 Å². The molecule has 0 unspecified atom stereocenters. The largest absolute Gasteiger partial charge is 0.252 e. The summed E-state index contributed by atoms with van der Waals surface area (Å²) >= 11 is 0. The average molecular weight is 274 g/mol. The molecule has 3 aromatic rings. The van der Waals surface area contributed by atoms with Crippen LogP contribution in [0.25, 0.3) is 22.5 Å². The second kappa shape index (κ2) is 6.31. The van der Waals surface area contributed by atoms with Gasteiger partial charge in [0.25, 0.3) is 0 Å². The van der Waals surface area contributed by atoms with Gasteiger partial charge in [-0.3, -0.25) is 4.98 Å². The molecule has 0 fully saturated rings. The van der Waals surface area contributed by atoms with Crippen LogP contribution in [0.5, 0.6) is 0 Å². The van der Waals surface area contributed by atoms with Crippen LogP contribution in [0.4, 0.5) is 0 Å². The Morgan fingerprint density at radius 1 is 0.762 bits per heavy atom. The molecule has 0 atom stereocenters. The van der Waals surface area contributed by atoms with Crippen LogP contribution in [0.3, 0.4) is 0 Å². The molecule has 0 saturated heterocycles. The molecule has 2 heteroatoms. The lowest BCUT2D eigenvalue weighted by molar-refractivity contribution is 0.874.